The number of hydrogen-bond acceptors (Lipinski definition) is 7. The van der Waals surface area contributed by atoms with Gasteiger partial charge in [0, 0.05) is 17.8 Å². The van der Waals surface area contributed by atoms with Crippen LogP contribution >= 0.6 is 0 Å². The lowest BCUT2D eigenvalue weighted by Gasteiger charge is -2.08. The Hall–Kier alpha value is -4.47. The van der Waals surface area contributed by atoms with Gasteiger partial charge in [-0.05, 0) is 42.5 Å². The van der Waals surface area contributed by atoms with Gasteiger partial charge >= 0.3 is 0 Å². The molecule has 0 radical (unpaired) electrons. The van der Waals surface area contributed by atoms with Crippen molar-refractivity contribution in [3.8, 4) is 22.8 Å². The molecule has 0 fully saturated rings. The van der Waals surface area contributed by atoms with E-state index in [0.29, 0.717) is 22.8 Å². The average molecular weight is 421 g/mol. The van der Waals surface area contributed by atoms with Gasteiger partial charge < -0.3 is 9.47 Å². The van der Waals surface area contributed by atoms with Gasteiger partial charge in [0.05, 0.1) is 30.4 Å². The first kappa shape index (κ1) is 21.2. The Kier molecular flexibility index (Phi) is 6.74. The first-order valence-electron chi connectivity index (χ1n) is 9.04. The number of nitro groups is 1. The lowest BCUT2D eigenvalue weighted by atomic mass is 10.1. The maximum Gasteiger partial charge on any atom is 0.289 e. The third-order valence-corrected chi connectivity index (χ3v) is 4.24. The predicted molar refractivity (Wildman–Crippen MR) is 115 cm³/mol. The van der Waals surface area contributed by atoms with E-state index in [9.17, 15) is 14.9 Å². The summed E-state index contributed by atoms with van der Waals surface area (Å²) in [7, 11) is 3.08. The van der Waals surface area contributed by atoms with Crippen LogP contribution < -0.4 is 14.9 Å². The smallest absolute Gasteiger partial charge is 0.289 e. The molecule has 0 aliphatic rings. The SMILES string of the molecule is COc1ccc(-c2cc(C(=O)NN=CC=Cc3ccccc3[N+](=O)[O-])[nH]n2)cc1OC. The van der Waals surface area contributed by atoms with Crippen LogP contribution in [0.3, 0.4) is 0 Å². The molecule has 0 saturated heterocycles. The summed E-state index contributed by atoms with van der Waals surface area (Å²) >= 11 is 0. The van der Waals surface area contributed by atoms with Crippen LogP contribution in [-0.4, -0.2) is 41.5 Å². The molecule has 2 aromatic carbocycles. The topological polar surface area (TPSA) is 132 Å². The number of nitrogens with one attached hydrogen (secondary N) is 2. The molecule has 3 aromatic rings. The van der Waals surface area contributed by atoms with Crippen molar-refractivity contribution < 1.29 is 19.2 Å². The van der Waals surface area contributed by atoms with Gasteiger partial charge in [-0.1, -0.05) is 12.1 Å². The molecule has 0 bridgehead atoms. The van der Waals surface area contributed by atoms with E-state index in [2.05, 4.69) is 20.7 Å². The van der Waals surface area contributed by atoms with Crippen LogP contribution in [0, 0.1) is 10.1 Å². The van der Waals surface area contributed by atoms with Crippen LogP contribution in [-0.2, 0) is 0 Å². The molecule has 3 rings (SSSR count). The fourth-order valence-electron chi connectivity index (χ4n) is 2.72. The third kappa shape index (κ3) is 5.12. The highest BCUT2D eigenvalue weighted by atomic mass is 16.6. The van der Waals surface area contributed by atoms with Gasteiger partial charge in [-0.3, -0.25) is 20.0 Å². The number of hydrogen-bond donors (Lipinski definition) is 2. The molecule has 31 heavy (non-hydrogen) atoms. The highest BCUT2D eigenvalue weighted by molar-refractivity contribution is 5.94. The molecule has 1 heterocycles. The van der Waals surface area contributed by atoms with Crippen LogP contribution in [0.5, 0.6) is 11.5 Å². The van der Waals surface area contributed by atoms with E-state index in [1.165, 1.54) is 31.5 Å². The lowest BCUT2D eigenvalue weighted by molar-refractivity contribution is -0.385. The summed E-state index contributed by atoms with van der Waals surface area (Å²) < 4.78 is 10.5. The summed E-state index contributed by atoms with van der Waals surface area (Å²) in [6.07, 6.45) is 4.34. The molecule has 0 unspecified atom stereocenters. The fourth-order valence-corrected chi connectivity index (χ4v) is 2.72. The number of carbonyl (C=O) groups is 1. The van der Waals surface area contributed by atoms with Crippen LogP contribution in [0.1, 0.15) is 16.1 Å². The van der Waals surface area contributed by atoms with Crippen molar-refractivity contribution in [1.82, 2.24) is 15.6 Å². The second-order valence-corrected chi connectivity index (χ2v) is 6.13. The Morgan fingerprint density at radius 2 is 1.94 bits per heavy atom. The van der Waals surface area contributed by atoms with Crippen LogP contribution in [0.25, 0.3) is 17.3 Å². The number of hydrazone groups is 1. The number of methoxy groups -OCH3 is 2. The Bertz CT molecular complexity index is 1150. The maximum absolute atomic E-state index is 12.2. The van der Waals surface area contributed by atoms with Gasteiger partial charge in [0.1, 0.15) is 5.69 Å². The van der Waals surface area contributed by atoms with E-state index < -0.39 is 10.8 Å². The molecule has 0 atom stereocenters. The number of aromatic amines is 1. The van der Waals surface area contributed by atoms with Crippen LogP contribution in [0.4, 0.5) is 5.69 Å². The number of nitrogens with zero attached hydrogens (tertiary/aromatic N) is 3. The first-order valence-corrected chi connectivity index (χ1v) is 9.04. The molecule has 1 aromatic heterocycles. The van der Waals surface area contributed by atoms with Crippen molar-refractivity contribution in [2.45, 2.75) is 0 Å². The normalized spacial score (nSPS) is 11.0. The molecule has 158 valence electrons. The molecule has 2 N–H and O–H groups in total. The van der Waals surface area contributed by atoms with Crippen molar-refractivity contribution in [2.24, 2.45) is 5.10 Å². The number of ether oxygens (including phenoxy) is 2. The number of para-hydroxylation sites is 1. The van der Waals surface area contributed by atoms with E-state index in [-0.39, 0.29) is 11.4 Å². The minimum Gasteiger partial charge on any atom is -0.493 e. The van der Waals surface area contributed by atoms with Gasteiger partial charge in [-0.15, -0.1) is 0 Å². The zero-order valence-corrected chi connectivity index (χ0v) is 16.7. The quantitative estimate of drug-likeness (QED) is 0.325. The second kappa shape index (κ2) is 9.83. The molecular formula is C21H19N5O5. The van der Waals surface area contributed by atoms with Gasteiger partial charge in [-0.2, -0.15) is 10.2 Å². The van der Waals surface area contributed by atoms with Crippen molar-refractivity contribution >= 4 is 23.9 Å². The predicted octanol–water partition coefficient (Wildman–Crippen LogP) is 3.43. The summed E-state index contributed by atoms with van der Waals surface area (Å²) in [4.78, 5) is 22.8. The highest BCUT2D eigenvalue weighted by Gasteiger charge is 2.13. The van der Waals surface area contributed by atoms with Crippen LogP contribution in [0.15, 0.2) is 59.7 Å². The maximum atomic E-state index is 12.2. The van der Waals surface area contributed by atoms with Gasteiger partial charge in [0.2, 0.25) is 0 Å². The van der Waals surface area contributed by atoms with Crippen molar-refractivity contribution in [3.05, 3.63) is 76.0 Å². The van der Waals surface area contributed by atoms with E-state index >= 15 is 0 Å². The van der Waals surface area contributed by atoms with Gasteiger partial charge in [-0.25, -0.2) is 5.43 Å². The lowest BCUT2D eigenvalue weighted by Crippen LogP contribution is -2.17. The van der Waals surface area contributed by atoms with Gasteiger partial charge in [0.15, 0.2) is 11.5 Å². The number of carbonyl (C=O) groups excluding carboxylic acids is 1. The minimum atomic E-state index is -0.491. The van der Waals surface area contributed by atoms with Crippen molar-refractivity contribution in [1.29, 1.82) is 0 Å². The largest absolute Gasteiger partial charge is 0.493 e. The summed E-state index contributed by atoms with van der Waals surface area (Å²) in [5.74, 6) is 0.640. The monoisotopic (exact) mass is 421 g/mol. The number of aromatic nitrogens is 2. The summed E-state index contributed by atoms with van der Waals surface area (Å²) in [5.41, 5.74) is 4.27. The standard InChI is InChI=1S/C21H19N5O5/c1-30-19-10-9-15(12-20(19)31-2)16-13-17(24-23-16)21(27)25-22-11-5-7-14-6-3-4-8-18(14)26(28)29/h3-13H,1-2H3,(H,23,24)(H,25,27). The molecule has 0 aliphatic carbocycles. The minimum absolute atomic E-state index is 0.0173. The molecular weight excluding hydrogens is 402 g/mol. The number of allylic oxidation sites excluding steroid dienone is 1. The number of H-pyrrole nitrogens is 1. The average Bonchev–Trinajstić information content (AvgIpc) is 3.29. The van der Waals surface area contributed by atoms with E-state index in [0.717, 1.165) is 5.56 Å². The van der Waals surface area contributed by atoms with E-state index in [4.69, 9.17) is 9.47 Å². The number of amides is 1. The van der Waals surface area contributed by atoms with Crippen molar-refractivity contribution in [3.63, 3.8) is 0 Å². The molecule has 10 nitrogen and oxygen atoms in total. The number of nitro benzene ring substituents is 1. The molecule has 0 spiro atoms. The van der Waals surface area contributed by atoms with Crippen molar-refractivity contribution in [2.75, 3.05) is 14.2 Å². The second-order valence-electron chi connectivity index (χ2n) is 6.13. The summed E-state index contributed by atoms with van der Waals surface area (Å²) in [5, 5.41) is 21.6. The first-order chi connectivity index (χ1) is 15.0. The summed E-state index contributed by atoms with van der Waals surface area (Å²) in [6.45, 7) is 0. The Morgan fingerprint density at radius 1 is 1.16 bits per heavy atom. The zero-order valence-electron chi connectivity index (χ0n) is 16.7. The number of benzene rings is 2. The zero-order chi connectivity index (χ0) is 22.2. The van der Waals surface area contributed by atoms with Gasteiger partial charge in [0.25, 0.3) is 11.6 Å². The summed E-state index contributed by atoms with van der Waals surface area (Å²) in [6, 6.07) is 13.2. The Balaban J connectivity index is 1.64. The molecule has 0 saturated carbocycles. The molecule has 1 amide bonds. The highest BCUT2D eigenvalue weighted by Crippen LogP contribution is 2.31. The molecule has 0 aliphatic heterocycles. The Labute approximate surface area is 177 Å². The fraction of sp³-hybridized carbons (Fsp3) is 0.0952. The number of rotatable bonds is 8. The van der Waals surface area contributed by atoms with E-state index in [1.54, 1.807) is 49.6 Å². The van der Waals surface area contributed by atoms with Crippen LogP contribution in [0.2, 0.25) is 0 Å². The third-order valence-electron chi connectivity index (χ3n) is 4.24. The molecule has 10 heteroatoms. The Morgan fingerprint density at radius 3 is 2.68 bits per heavy atom. The van der Waals surface area contributed by atoms with E-state index in [1.807, 2.05) is 0 Å².